The number of ether oxygens (including phenoxy) is 1. The lowest BCUT2D eigenvalue weighted by Gasteiger charge is -2.07. The molecule has 0 bridgehead atoms. The van der Waals surface area contributed by atoms with Crippen molar-refractivity contribution in [2.45, 2.75) is 45.8 Å². The molecule has 0 saturated heterocycles. The van der Waals surface area contributed by atoms with Gasteiger partial charge in [-0.25, -0.2) is 0 Å². The fraction of sp³-hybridized carbons (Fsp3) is 0.412. The molecule has 0 fully saturated rings. The second-order valence-electron chi connectivity index (χ2n) is 5.04. The van der Waals surface area contributed by atoms with Crippen LogP contribution in [-0.4, -0.2) is 11.2 Å². The van der Waals surface area contributed by atoms with Crippen LogP contribution in [0.4, 0.5) is 0 Å². The number of rotatable bonds is 7. The Balaban J connectivity index is 1.84. The Morgan fingerprint density at radius 3 is 2.40 bits per heavy atom. The van der Waals surface area contributed by atoms with Crippen molar-refractivity contribution in [3.8, 4) is 5.75 Å². The monoisotopic (exact) mass is 290 g/mol. The first-order valence-electron chi connectivity index (χ1n) is 7.14. The molecule has 1 heterocycles. The number of thiophene rings is 1. The molecule has 0 amide bonds. The Hall–Kier alpha value is -1.32. The zero-order valence-electron chi connectivity index (χ0n) is 12.1. The fourth-order valence-electron chi connectivity index (χ4n) is 1.97. The third-order valence-electron chi connectivity index (χ3n) is 3.22. The van der Waals surface area contributed by atoms with Gasteiger partial charge in [-0.05, 0) is 56.0 Å². The summed E-state index contributed by atoms with van der Waals surface area (Å²) in [4.78, 5) is 2.66. The standard InChI is InChI=1S/C17H22O2S/c1-3-16-10-11-17(20-16)12-19-15-8-6-14(7-9-15)5-4-13(2)18/h6-11,13,18H,3-5,12H2,1-2H3. The molecule has 3 heteroatoms. The summed E-state index contributed by atoms with van der Waals surface area (Å²) >= 11 is 1.81. The predicted molar refractivity (Wildman–Crippen MR) is 84.5 cm³/mol. The van der Waals surface area contributed by atoms with Gasteiger partial charge in [0.1, 0.15) is 12.4 Å². The van der Waals surface area contributed by atoms with Crippen molar-refractivity contribution >= 4 is 11.3 Å². The quantitative estimate of drug-likeness (QED) is 0.828. The summed E-state index contributed by atoms with van der Waals surface area (Å²) in [5, 5.41) is 9.28. The number of aryl methyl sites for hydroxylation is 2. The summed E-state index contributed by atoms with van der Waals surface area (Å²) in [7, 11) is 0. The number of benzene rings is 1. The molecular weight excluding hydrogens is 268 g/mol. The summed E-state index contributed by atoms with van der Waals surface area (Å²) in [5.41, 5.74) is 1.24. The highest BCUT2D eigenvalue weighted by Gasteiger charge is 2.01. The van der Waals surface area contributed by atoms with E-state index in [1.807, 2.05) is 30.4 Å². The van der Waals surface area contributed by atoms with E-state index >= 15 is 0 Å². The van der Waals surface area contributed by atoms with E-state index in [9.17, 15) is 5.11 Å². The molecule has 0 aliphatic rings. The van der Waals surface area contributed by atoms with Gasteiger partial charge in [0.05, 0.1) is 6.10 Å². The maximum absolute atomic E-state index is 9.28. The number of hydrogen-bond donors (Lipinski definition) is 1. The van der Waals surface area contributed by atoms with Gasteiger partial charge in [0, 0.05) is 9.75 Å². The van der Waals surface area contributed by atoms with E-state index in [1.54, 1.807) is 0 Å². The molecule has 108 valence electrons. The molecule has 0 saturated carbocycles. The minimum absolute atomic E-state index is 0.238. The molecule has 1 aromatic heterocycles. The van der Waals surface area contributed by atoms with E-state index in [2.05, 4.69) is 31.2 Å². The maximum Gasteiger partial charge on any atom is 0.122 e. The second kappa shape index (κ2) is 7.46. The molecule has 0 aliphatic heterocycles. The lowest BCUT2D eigenvalue weighted by Crippen LogP contribution is -2.01. The molecule has 1 unspecified atom stereocenters. The van der Waals surface area contributed by atoms with Crippen LogP contribution in [0.5, 0.6) is 5.75 Å². The summed E-state index contributed by atoms with van der Waals surface area (Å²) in [6.45, 7) is 4.63. The van der Waals surface area contributed by atoms with Crippen molar-refractivity contribution < 1.29 is 9.84 Å². The Morgan fingerprint density at radius 1 is 1.10 bits per heavy atom. The normalized spacial score (nSPS) is 12.3. The van der Waals surface area contributed by atoms with Crippen LogP contribution in [-0.2, 0) is 19.4 Å². The smallest absolute Gasteiger partial charge is 0.122 e. The van der Waals surface area contributed by atoms with Crippen LogP contribution >= 0.6 is 11.3 Å². The number of hydrogen-bond acceptors (Lipinski definition) is 3. The molecule has 1 aromatic carbocycles. The molecule has 1 atom stereocenters. The van der Waals surface area contributed by atoms with Crippen molar-refractivity contribution in [3.05, 3.63) is 51.7 Å². The highest BCUT2D eigenvalue weighted by atomic mass is 32.1. The molecule has 1 N–H and O–H groups in total. The molecule has 2 aromatic rings. The Morgan fingerprint density at radius 2 is 1.80 bits per heavy atom. The minimum atomic E-state index is -0.238. The molecule has 20 heavy (non-hydrogen) atoms. The summed E-state index contributed by atoms with van der Waals surface area (Å²) in [6, 6.07) is 12.5. The van der Waals surface area contributed by atoms with Crippen molar-refractivity contribution in [2.24, 2.45) is 0 Å². The van der Waals surface area contributed by atoms with Crippen molar-refractivity contribution in [1.82, 2.24) is 0 Å². The summed E-state index contributed by atoms with van der Waals surface area (Å²) < 4.78 is 5.79. The van der Waals surface area contributed by atoms with Gasteiger partial charge >= 0.3 is 0 Å². The highest BCUT2D eigenvalue weighted by Crippen LogP contribution is 2.20. The van der Waals surface area contributed by atoms with Gasteiger partial charge in [-0.15, -0.1) is 11.3 Å². The zero-order chi connectivity index (χ0) is 14.4. The third kappa shape index (κ3) is 4.66. The van der Waals surface area contributed by atoms with Crippen molar-refractivity contribution in [1.29, 1.82) is 0 Å². The maximum atomic E-state index is 9.28. The average Bonchev–Trinajstić information content (AvgIpc) is 2.92. The van der Waals surface area contributed by atoms with Crippen LogP contribution in [0.1, 0.15) is 35.6 Å². The first kappa shape index (κ1) is 15.1. The van der Waals surface area contributed by atoms with Gasteiger partial charge in [0.15, 0.2) is 0 Å². The summed E-state index contributed by atoms with van der Waals surface area (Å²) in [5.74, 6) is 0.900. The third-order valence-corrected chi connectivity index (χ3v) is 4.42. The van der Waals surface area contributed by atoms with Gasteiger partial charge < -0.3 is 9.84 Å². The number of aliphatic hydroxyl groups is 1. The van der Waals surface area contributed by atoms with Crippen LogP contribution in [0.25, 0.3) is 0 Å². The molecule has 0 spiro atoms. The van der Waals surface area contributed by atoms with E-state index in [-0.39, 0.29) is 6.10 Å². The minimum Gasteiger partial charge on any atom is -0.488 e. The number of aliphatic hydroxyl groups excluding tert-OH is 1. The van der Waals surface area contributed by atoms with Crippen LogP contribution in [0.2, 0.25) is 0 Å². The zero-order valence-corrected chi connectivity index (χ0v) is 13.0. The van der Waals surface area contributed by atoms with E-state index in [1.165, 1.54) is 15.3 Å². The molecular formula is C17H22O2S. The van der Waals surface area contributed by atoms with E-state index in [0.29, 0.717) is 6.61 Å². The van der Waals surface area contributed by atoms with Gasteiger partial charge in [0.2, 0.25) is 0 Å². The van der Waals surface area contributed by atoms with E-state index < -0.39 is 0 Å². The Bertz CT molecular complexity index is 514. The Kier molecular flexibility index (Phi) is 5.62. The lowest BCUT2D eigenvalue weighted by molar-refractivity contribution is 0.185. The second-order valence-corrected chi connectivity index (χ2v) is 6.29. The van der Waals surface area contributed by atoms with Crippen LogP contribution in [0.3, 0.4) is 0 Å². The van der Waals surface area contributed by atoms with Crippen LogP contribution in [0, 0.1) is 0 Å². The largest absolute Gasteiger partial charge is 0.488 e. The molecule has 0 radical (unpaired) electrons. The molecule has 2 rings (SSSR count). The SMILES string of the molecule is CCc1ccc(COc2ccc(CCC(C)O)cc2)s1. The van der Waals surface area contributed by atoms with E-state index in [4.69, 9.17) is 4.74 Å². The first-order chi connectivity index (χ1) is 9.67. The Labute approximate surface area is 125 Å². The molecule has 0 aliphatic carbocycles. The highest BCUT2D eigenvalue weighted by molar-refractivity contribution is 7.11. The average molecular weight is 290 g/mol. The first-order valence-corrected chi connectivity index (χ1v) is 7.96. The van der Waals surface area contributed by atoms with Crippen molar-refractivity contribution in [2.75, 3.05) is 0 Å². The van der Waals surface area contributed by atoms with Crippen LogP contribution < -0.4 is 4.74 Å². The predicted octanol–water partition coefficient (Wildman–Crippen LogP) is 4.20. The van der Waals surface area contributed by atoms with Crippen molar-refractivity contribution in [3.63, 3.8) is 0 Å². The summed E-state index contributed by atoms with van der Waals surface area (Å²) in [6.07, 6.45) is 2.55. The lowest BCUT2D eigenvalue weighted by atomic mass is 10.1. The molecule has 2 nitrogen and oxygen atoms in total. The van der Waals surface area contributed by atoms with Gasteiger partial charge in [0.25, 0.3) is 0 Å². The fourth-order valence-corrected chi connectivity index (χ4v) is 2.84. The van der Waals surface area contributed by atoms with Gasteiger partial charge in [-0.1, -0.05) is 19.1 Å². The van der Waals surface area contributed by atoms with E-state index in [0.717, 1.165) is 25.0 Å². The van der Waals surface area contributed by atoms with Crippen LogP contribution in [0.15, 0.2) is 36.4 Å². The topological polar surface area (TPSA) is 29.5 Å². The van der Waals surface area contributed by atoms with Gasteiger partial charge in [-0.3, -0.25) is 0 Å². The van der Waals surface area contributed by atoms with Gasteiger partial charge in [-0.2, -0.15) is 0 Å².